The second kappa shape index (κ2) is 1.99. The van der Waals surface area contributed by atoms with Crippen molar-refractivity contribution in [3.8, 4) is 0 Å². The van der Waals surface area contributed by atoms with E-state index in [-0.39, 0.29) is 0 Å². The second-order valence-electron chi connectivity index (χ2n) is 2.53. The zero-order chi connectivity index (χ0) is 7.84. The number of hydrogen-bond acceptors (Lipinski definition) is 2. The van der Waals surface area contributed by atoms with Crippen LogP contribution in [0.3, 0.4) is 0 Å². The molecule has 2 aromatic rings. The Hall–Kier alpha value is -1.51. The maximum Gasteiger partial charge on any atom is 0.136 e. The van der Waals surface area contributed by atoms with Crippen molar-refractivity contribution in [3.63, 3.8) is 0 Å². The summed E-state index contributed by atoms with van der Waals surface area (Å²) in [6.07, 6.45) is 3.67. The SMILES string of the molecule is Cc1c(N)ccc2nccn12. The van der Waals surface area contributed by atoms with Crippen LogP contribution in [0.15, 0.2) is 24.5 Å². The number of nitrogen functional groups attached to an aromatic ring is 1. The Morgan fingerprint density at radius 3 is 3.09 bits per heavy atom. The van der Waals surface area contributed by atoms with Gasteiger partial charge in [0.1, 0.15) is 5.65 Å². The Bertz CT molecular complexity index is 389. The molecule has 56 valence electrons. The molecule has 0 aliphatic carbocycles. The lowest BCUT2D eigenvalue weighted by molar-refractivity contribution is 1.10. The highest BCUT2D eigenvalue weighted by molar-refractivity contribution is 5.52. The first-order valence-corrected chi connectivity index (χ1v) is 3.47. The largest absolute Gasteiger partial charge is 0.397 e. The van der Waals surface area contributed by atoms with Crippen LogP contribution in [0.5, 0.6) is 0 Å². The number of aromatic nitrogens is 2. The van der Waals surface area contributed by atoms with Gasteiger partial charge in [0.15, 0.2) is 0 Å². The van der Waals surface area contributed by atoms with Gasteiger partial charge in [-0.25, -0.2) is 4.98 Å². The first-order valence-electron chi connectivity index (χ1n) is 3.47. The molecule has 0 amide bonds. The predicted octanol–water partition coefficient (Wildman–Crippen LogP) is 1.22. The molecule has 0 fully saturated rings. The highest BCUT2D eigenvalue weighted by atomic mass is 15.0. The number of imidazole rings is 1. The zero-order valence-corrected chi connectivity index (χ0v) is 6.28. The molecule has 3 heteroatoms. The summed E-state index contributed by atoms with van der Waals surface area (Å²) in [7, 11) is 0. The maximum atomic E-state index is 5.70. The summed E-state index contributed by atoms with van der Waals surface area (Å²) in [5, 5.41) is 0. The van der Waals surface area contributed by atoms with Crippen LogP contribution in [-0.2, 0) is 0 Å². The number of hydrogen-bond donors (Lipinski definition) is 1. The Morgan fingerprint density at radius 2 is 2.27 bits per heavy atom. The van der Waals surface area contributed by atoms with Gasteiger partial charge in [0, 0.05) is 18.1 Å². The third-order valence-corrected chi connectivity index (χ3v) is 1.86. The number of fused-ring (bicyclic) bond motifs is 1. The van der Waals surface area contributed by atoms with Crippen LogP contribution in [0.4, 0.5) is 5.69 Å². The van der Waals surface area contributed by atoms with Crippen LogP contribution >= 0.6 is 0 Å². The van der Waals surface area contributed by atoms with Crippen LogP contribution < -0.4 is 5.73 Å². The minimum absolute atomic E-state index is 0.801. The van der Waals surface area contributed by atoms with E-state index in [0.29, 0.717) is 0 Å². The number of pyridine rings is 1. The molecule has 2 rings (SSSR count). The van der Waals surface area contributed by atoms with Crippen LogP contribution in [-0.4, -0.2) is 9.38 Å². The van der Waals surface area contributed by atoms with E-state index < -0.39 is 0 Å². The fourth-order valence-electron chi connectivity index (χ4n) is 1.15. The molecule has 0 aromatic carbocycles. The van der Waals surface area contributed by atoms with Gasteiger partial charge >= 0.3 is 0 Å². The molecule has 0 radical (unpaired) electrons. The standard InChI is InChI=1S/C8H9N3/c1-6-7(9)2-3-8-10-4-5-11(6)8/h2-5H,9H2,1H3. The summed E-state index contributed by atoms with van der Waals surface area (Å²) in [6.45, 7) is 1.98. The monoisotopic (exact) mass is 147 g/mol. The van der Waals surface area contributed by atoms with E-state index in [1.54, 1.807) is 6.20 Å². The van der Waals surface area contributed by atoms with Gasteiger partial charge in [-0.05, 0) is 19.1 Å². The van der Waals surface area contributed by atoms with Crippen molar-refractivity contribution < 1.29 is 0 Å². The van der Waals surface area contributed by atoms with Gasteiger partial charge < -0.3 is 10.1 Å². The summed E-state index contributed by atoms with van der Waals surface area (Å²) in [6, 6.07) is 3.78. The Balaban J connectivity index is 2.93. The molecule has 0 saturated carbocycles. The minimum Gasteiger partial charge on any atom is -0.397 e. The normalized spacial score (nSPS) is 10.6. The van der Waals surface area contributed by atoms with E-state index in [4.69, 9.17) is 5.73 Å². The van der Waals surface area contributed by atoms with E-state index in [2.05, 4.69) is 4.98 Å². The van der Waals surface area contributed by atoms with Crippen molar-refractivity contribution in [3.05, 3.63) is 30.2 Å². The van der Waals surface area contributed by atoms with Crippen molar-refractivity contribution in [2.45, 2.75) is 6.92 Å². The average molecular weight is 147 g/mol. The van der Waals surface area contributed by atoms with E-state index in [1.807, 2.05) is 29.7 Å². The molecule has 0 unspecified atom stereocenters. The molecular formula is C8H9N3. The van der Waals surface area contributed by atoms with E-state index in [1.165, 1.54) is 0 Å². The highest BCUT2D eigenvalue weighted by Gasteiger charge is 1.98. The second-order valence-corrected chi connectivity index (χ2v) is 2.53. The van der Waals surface area contributed by atoms with Gasteiger partial charge in [0.2, 0.25) is 0 Å². The molecule has 11 heavy (non-hydrogen) atoms. The first-order chi connectivity index (χ1) is 5.29. The lowest BCUT2D eigenvalue weighted by Gasteiger charge is -2.01. The van der Waals surface area contributed by atoms with Crippen LogP contribution in [0, 0.1) is 6.92 Å². The summed E-state index contributed by atoms with van der Waals surface area (Å²) >= 11 is 0. The third-order valence-electron chi connectivity index (χ3n) is 1.86. The molecule has 0 aliphatic heterocycles. The van der Waals surface area contributed by atoms with Crippen LogP contribution in [0.2, 0.25) is 0 Å². The first kappa shape index (κ1) is 6.22. The lowest BCUT2D eigenvalue weighted by Crippen LogP contribution is -1.96. The molecule has 0 aliphatic rings. The Morgan fingerprint density at radius 1 is 1.45 bits per heavy atom. The van der Waals surface area contributed by atoms with Crippen molar-refractivity contribution in [1.82, 2.24) is 9.38 Å². The smallest absolute Gasteiger partial charge is 0.136 e. The molecule has 2 aromatic heterocycles. The number of nitrogens with zero attached hydrogens (tertiary/aromatic N) is 2. The minimum atomic E-state index is 0.801. The summed E-state index contributed by atoms with van der Waals surface area (Å²) in [4.78, 5) is 4.13. The fourth-order valence-corrected chi connectivity index (χ4v) is 1.15. The van der Waals surface area contributed by atoms with Gasteiger partial charge in [-0.3, -0.25) is 0 Å². The van der Waals surface area contributed by atoms with E-state index >= 15 is 0 Å². The summed E-state index contributed by atoms with van der Waals surface area (Å²) < 4.78 is 1.97. The quantitative estimate of drug-likeness (QED) is 0.609. The van der Waals surface area contributed by atoms with Crippen LogP contribution in [0.25, 0.3) is 5.65 Å². The molecule has 2 N–H and O–H groups in total. The molecule has 0 spiro atoms. The van der Waals surface area contributed by atoms with Crippen molar-refractivity contribution in [1.29, 1.82) is 0 Å². The van der Waals surface area contributed by atoms with Gasteiger partial charge in [-0.1, -0.05) is 0 Å². The van der Waals surface area contributed by atoms with E-state index in [0.717, 1.165) is 17.0 Å². The Labute approximate surface area is 64.5 Å². The molecule has 2 heterocycles. The number of rotatable bonds is 0. The number of aryl methyl sites for hydroxylation is 1. The van der Waals surface area contributed by atoms with Crippen molar-refractivity contribution in [2.75, 3.05) is 5.73 Å². The van der Waals surface area contributed by atoms with Gasteiger partial charge in [0.05, 0.1) is 5.69 Å². The number of anilines is 1. The molecule has 0 atom stereocenters. The maximum absolute atomic E-state index is 5.70. The predicted molar refractivity (Wildman–Crippen MR) is 44.3 cm³/mol. The van der Waals surface area contributed by atoms with Gasteiger partial charge in [0.25, 0.3) is 0 Å². The average Bonchev–Trinajstić information content (AvgIpc) is 2.45. The molecule has 0 bridgehead atoms. The van der Waals surface area contributed by atoms with Crippen LogP contribution in [0.1, 0.15) is 5.69 Å². The fraction of sp³-hybridized carbons (Fsp3) is 0.125. The molecular weight excluding hydrogens is 138 g/mol. The summed E-state index contributed by atoms with van der Waals surface area (Å²) in [5.41, 5.74) is 8.48. The lowest BCUT2D eigenvalue weighted by atomic mass is 10.3. The molecule has 3 nitrogen and oxygen atoms in total. The van der Waals surface area contributed by atoms with E-state index in [9.17, 15) is 0 Å². The van der Waals surface area contributed by atoms with Gasteiger partial charge in [-0.2, -0.15) is 0 Å². The van der Waals surface area contributed by atoms with Crippen molar-refractivity contribution in [2.24, 2.45) is 0 Å². The third kappa shape index (κ3) is 0.774. The van der Waals surface area contributed by atoms with Gasteiger partial charge in [-0.15, -0.1) is 0 Å². The number of nitrogens with two attached hydrogens (primary N) is 1. The Kier molecular flexibility index (Phi) is 1.12. The summed E-state index contributed by atoms with van der Waals surface area (Å²) in [5.74, 6) is 0. The highest BCUT2D eigenvalue weighted by Crippen LogP contribution is 2.11. The topological polar surface area (TPSA) is 43.3 Å². The van der Waals surface area contributed by atoms with Crippen molar-refractivity contribution >= 4 is 11.3 Å². The zero-order valence-electron chi connectivity index (χ0n) is 6.28. The molecule has 0 saturated heterocycles.